The lowest BCUT2D eigenvalue weighted by Gasteiger charge is -2.06. The zero-order valence-electron chi connectivity index (χ0n) is 12.2. The Labute approximate surface area is 133 Å². The number of ether oxygens (including phenoxy) is 2. The van der Waals surface area contributed by atoms with Gasteiger partial charge in [0.1, 0.15) is 5.75 Å². The van der Waals surface area contributed by atoms with Gasteiger partial charge in [-0.2, -0.15) is 4.98 Å². The first-order chi connectivity index (χ1) is 10.7. The maximum absolute atomic E-state index is 5.18. The molecule has 0 aliphatic carbocycles. The van der Waals surface area contributed by atoms with Gasteiger partial charge in [-0.3, -0.25) is 0 Å². The molecule has 112 valence electrons. The summed E-state index contributed by atoms with van der Waals surface area (Å²) >= 11 is 4.30. The van der Waals surface area contributed by atoms with Gasteiger partial charge in [-0.05, 0) is 48.5 Å². The molecule has 0 saturated heterocycles. The Balaban J connectivity index is 2.09. The van der Waals surface area contributed by atoms with Crippen molar-refractivity contribution in [2.45, 2.75) is 4.90 Å². The topological polar surface area (TPSA) is 49.2 Å². The number of methoxy groups -OCH3 is 2. The number of hydrogen-bond donors (Lipinski definition) is 1. The Kier molecular flexibility index (Phi) is 4.02. The summed E-state index contributed by atoms with van der Waals surface area (Å²) in [6, 6.07) is 15.6. The summed E-state index contributed by atoms with van der Waals surface area (Å²) in [5, 5.41) is 4.37. The van der Waals surface area contributed by atoms with Crippen molar-refractivity contribution in [1.29, 1.82) is 0 Å². The normalized spacial score (nSPS) is 10.5. The molecule has 1 aromatic heterocycles. The van der Waals surface area contributed by atoms with Crippen LogP contribution in [0.25, 0.3) is 17.1 Å². The Hall–Kier alpha value is -2.47. The Morgan fingerprint density at radius 2 is 1.59 bits per heavy atom. The quantitative estimate of drug-likeness (QED) is 0.751. The molecule has 0 unspecified atom stereocenters. The lowest BCUT2D eigenvalue weighted by molar-refractivity contribution is 0.380. The maximum atomic E-state index is 5.18. The predicted molar refractivity (Wildman–Crippen MR) is 87.2 cm³/mol. The van der Waals surface area contributed by atoms with Gasteiger partial charge in [0.25, 0.3) is 0 Å². The van der Waals surface area contributed by atoms with E-state index in [1.165, 1.54) is 0 Å². The van der Waals surface area contributed by atoms with E-state index in [0.29, 0.717) is 11.8 Å². The van der Waals surface area contributed by atoms with Gasteiger partial charge in [0.15, 0.2) is 5.82 Å². The van der Waals surface area contributed by atoms with Gasteiger partial charge in [0.05, 0.1) is 19.9 Å². The van der Waals surface area contributed by atoms with Crippen LogP contribution < -0.4 is 9.47 Å². The van der Waals surface area contributed by atoms with Crippen molar-refractivity contribution in [3.05, 3.63) is 48.5 Å². The minimum Gasteiger partial charge on any atom is -0.497 e. The van der Waals surface area contributed by atoms with Crippen LogP contribution in [0.3, 0.4) is 0 Å². The fraction of sp³-hybridized carbons (Fsp3) is 0.125. The Bertz CT molecular complexity index is 767. The molecule has 0 spiro atoms. The van der Waals surface area contributed by atoms with E-state index in [4.69, 9.17) is 9.47 Å². The average molecular weight is 313 g/mol. The lowest BCUT2D eigenvalue weighted by Crippen LogP contribution is -1.99. The van der Waals surface area contributed by atoms with Gasteiger partial charge in [0, 0.05) is 10.5 Å². The minimum atomic E-state index is 0.320. The van der Waals surface area contributed by atoms with Crippen molar-refractivity contribution in [2.24, 2.45) is 0 Å². The molecule has 0 fully saturated rings. The molecule has 0 bridgehead atoms. The van der Waals surface area contributed by atoms with Crippen LogP contribution in [0.5, 0.6) is 11.8 Å². The number of hydrogen-bond acceptors (Lipinski definition) is 5. The molecule has 22 heavy (non-hydrogen) atoms. The summed E-state index contributed by atoms with van der Waals surface area (Å²) < 4.78 is 12.1. The third-order valence-corrected chi connectivity index (χ3v) is 3.51. The third kappa shape index (κ3) is 2.78. The van der Waals surface area contributed by atoms with Gasteiger partial charge in [-0.25, -0.2) is 4.68 Å². The van der Waals surface area contributed by atoms with Crippen molar-refractivity contribution in [3.63, 3.8) is 0 Å². The Morgan fingerprint density at radius 1 is 0.909 bits per heavy atom. The van der Waals surface area contributed by atoms with Gasteiger partial charge in [-0.15, -0.1) is 17.7 Å². The fourth-order valence-electron chi connectivity index (χ4n) is 2.08. The van der Waals surface area contributed by atoms with E-state index in [1.54, 1.807) is 18.9 Å². The standard InChI is InChI=1S/C16H15N3O2S/c1-20-13-7-3-11(4-8-13)15-17-16(21-2)18-19(15)12-5-9-14(22)10-6-12/h3-10,22H,1-2H3. The molecule has 0 aliphatic rings. The van der Waals surface area contributed by atoms with Gasteiger partial charge in [0.2, 0.25) is 0 Å². The summed E-state index contributed by atoms with van der Waals surface area (Å²) in [6.07, 6.45) is 0. The molecular formula is C16H15N3O2S. The van der Waals surface area contributed by atoms with Crippen LogP contribution in [0.1, 0.15) is 0 Å². The second-order valence-corrected chi connectivity index (χ2v) is 5.10. The molecular weight excluding hydrogens is 298 g/mol. The summed E-state index contributed by atoms with van der Waals surface area (Å²) in [6.45, 7) is 0. The number of nitrogens with zero attached hydrogens (tertiary/aromatic N) is 3. The molecule has 2 aromatic carbocycles. The summed E-state index contributed by atoms with van der Waals surface area (Å²) in [5.41, 5.74) is 1.81. The first-order valence-corrected chi connectivity index (χ1v) is 7.11. The lowest BCUT2D eigenvalue weighted by atomic mass is 10.2. The van der Waals surface area contributed by atoms with Crippen LogP contribution in [0.2, 0.25) is 0 Å². The molecule has 0 saturated carbocycles. The van der Waals surface area contributed by atoms with Gasteiger partial charge < -0.3 is 9.47 Å². The average Bonchev–Trinajstić information content (AvgIpc) is 3.00. The van der Waals surface area contributed by atoms with Crippen molar-refractivity contribution in [1.82, 2.24) is 14.8 Å². The van der Waals surface area contributed by atoms with E-state index in [2.05, 4.69) is 22.7 Å². The number of benzene rings is 2. The monoisotopic (exact) mass is 313 g/mol. The van der Waals surface area contributed by atoms with Crippen LogP contribution >= 0.6 is 12.6 Å². The SMILES string of the molecule is COc1ccc(-c2nc(OC)nn2-c2ccc(S)cc2)cc1. The molecule has 0 amide bonds. The fourth-order valence-corrected chi connectivity index (χ4v) is 2.23. The van der Waals surface area contributed by atoms with E-state index in [1.807, 2.05) is 48.5 Å². The zero-order chi connectivity index (χ0) is 15.5. The number of thiol groups is 1. The van der Waals surface area contributed by atoms with E-state index in [0.717, 1.165) is 21.9 Å². The van der Waals surface area contributed by atoms with E-state index in [9.17, 15) is 0 Å². The highest BCUT2D eigenvalue weighted by atomic mass is 32.1. The highest BCUT2D eigenvalue weighted by molar-refractivity contribution is 7.80. The van der Waals surface area contributed by atoms with Crippen LogP contribution in [0.15, 0.2) is 53.4 Å². The molecule has 6 heteroatoms. The van der Waals surface area contributed by atoms with Crippen molar-refractivity contribution < 1.29 is 9.47 Å². The first-order valence-electron chi connectivity index (χ1n) is 6.66. The molecule has 1 heterocycles. The molecule has 0 radical (unpaired) electrons. The smallest absolute Gasteiger partial charge is 0.336 e. The van der Waals surface area contributed by atoms with E-state index < -0.39 is 0 Å². The molecule has 0 N–H and O–H groups in total. The minimum absolute atomic E-state index is 0.320. The molecule has 0 atom stereocenters. The van der Waals surface area contributed by atoms with Crippen molar-refractivity contribution >= 4 is 12.6 Å². The maximum Gasteiger partial charge on any atom is 0.336 e. The predicted octanol–water partition coefficient (Wildman–Crippen LogP) is 3.24. The third-order valence-electron chi connectivity index (χ3n) is 3.21. The molecule has 3 aromatic rings. The zero-order valence-corrected chi connectivity index (χ0v) is 13.1. The highest BCUT2D eigenvalue weighted by Gasteiger charge is 2.14. The van der Waals surface area contributed by atoms with Crippen molar-refractivity contribution in [3.8, 4) is 28.8 Å². The van der Waals surface area contributed by atoms with E-state index >= 15 is 0 Å². The van der Waals surface area contributed by atoms with E-state index in [-0.39, 0.29) is 0 Å². The summed E-state index contributed by atoms with van der Waals surface area (Å²) in [5.74, 6) is 1.49. The van der Waals surface area contributed by atoms with Crippen LogP contribution in [0.4, 0.5) is 0 Å². The molecule has 3 rings (SSSR count). The largest absolute Gasteiger partial charge is 0.497 e. The molecule has 5 nitrogen and oxygen atoms in total. The summed E-state index contributed by atoms with van der Waals surface area (Å²) in [7, 11) is 3.19. The molecule has 0 aliphatic heterocycles. The Morgan fingerprint density at radius 3 is 2.18 bits per heavy atom. The number of aromatic nitrogens is 3. The first kappa shape index (κ1) is 14.5. The summed E-state index contributed by atoms with van der Waals surface area (Å²) in [4.78, 5) is 5.31. The van der Waals surface area contributed by atoms with Gasteiger partial charge >= 0.3 is 6.01 Å². The van der Waals surface area contributed by atoms with Crippen LogP contribution in [-0.2, 0) is 0 Å². The van der Waals surface area contributed by atoms with Crippen molar-refractivity contribution in [2.75, 3.05) is 14.2 Å². The second kappa shape index (κ2) is 6.11. The number of rotatable bonds is 4. The van der Waals surface area contributed by atoms with Crippen LogP contribution in [-0.4, -0.2) is 29.0 Å². The van der Waals surface area contributed by atoms with Gasteiger partial charge in [-0.1, -0.05) is 0 Å². The van der Waals surface area contributed by atoms with Crippen LogP contribution in [0, 0.1) is 0 Å². The highest BCUT2D eigenvalue weighted by Crippen LogP contribution is 2.25. The second-order valence-electron chi connectivity index (χ2n) is 4.58.